The average Bonchev–Trinajstić information content (AvgIpc) is 3.65. The number of nitrogens with one attached hydrogen (secondary N) is 2. The minimum atomic E-state index is -0.500. The molecule has 0 radical (unpaired) electrons. The van der Waals surface area contributed by atoms with E-state index in [0.29, 0.717) is 11.3 Å². The summed E-state index contributed by atoms with van der Waals surface area (Å²) in [5.41, 5.74) is 6.11. The summed E-state index contributed by atoms with van der Waals surface area (Å²) in [6, 6.07) is 11.2. The van der Waals surface area contributed by atoms with E-state index < -0.39 is 5.97 Å². The van der Waals surface area contributed by atoms with Gasteiger partial charge in [0.15, 0.2) is 0 Å². The molecule has 31 heavy (non-hydrogen) atoms. The molecule has 2 aromatic carbocycles. The lowest BCUT2D eigenvalue weighted by Gasteiger charge is -2.12. The third-order valence-corrected chi connectivity index (χ3v) is 4.24. The van der Waals surface area contributed by atoms with Gasteiger partial charge in [-0.1, -0.05) is 43.2 Å². The van der Waals surface area contributed by atoms with E-state index in [-0.39, 0.29) is 5.69 Å². The Balaban J connectivity index is 0.000000472. The van der Waals surface area contributed by atoms with Gasteiger partial charge in [0.2, 0.25) is 0 Å². The molecular weight excluding hydrogens is 395 g/mol. The number of carbonyl (C=O) groups excluding carboxylic acids is 1. The fourth-order valence-corrected chi connectivity index (χ4v) is 2.44. The number of carbonyl (C=O) groups is 1. The van der Waals surface area contributed by atoms with Crippen LogP contribution in [0.2, 0.25) is 0 Å². The Morgan fingerprint density at radius 3 is 1.97 bits per heavy atom. The molecule has 2 aromatic rings. The lowest BCUT2D eigenvalue weighted by molar-refractivity contribution is 0.0601. The lowest BCUT2D eigenvalue weighted by atomic mass is 10.1. The van der Waals surface area contributed by atoms with Crippen LogP contribution in [-0.2, 0) is 4.74 Å². The number of benzene rings is 2. The highest BCUT2D eigenvalue weighted by Crippen LogP contribution is 2.28. The molecule has 0 saturated heterocycles. The molecule has 5 nitrogen and oxygen atoms in total. The van der Waals surface area contributed by atoms with Crippen LogP contribution in [0.3, 0.4) is 0 Å². The molecule has 172 valence electrons. The zero-order valence-corrected chi connectivity index (χ0v) is 20.1. The van der Waals surface area contributed by atoms with Crippen molar-refractivity contribution in [3.8, 4) is 5.75 Å². The van der Waals surface area contributed by atoms with Gasteiger partial charge in [-0.15, -0.1) is 4.48 Å². The standard InChI is InChI=1S/C10H13FN2O2.C8H10O.C5H8.C2H6/c1-6-4-7(10(14)15-3)9(12-2)8(5-6)13-11;1-7-3-5-8(9-2)6-4-7;1-2-5-3-4-5;1-2/h4-5,12-13H,1-3H3;3-6H,1-2H3;2H,3-4H2,1H3;1-2H3. The van der Waals surface area contributed by atoms with Gasteiger partial charge >= 0.3 is 5.97 Å². The molecule has 0 bridgehead atoms. The van der Waals surface area contributed by atoms with Crippen LogP contribution < -0.4 is 15.6 Å². The Hall–Kier alpha value is -3.02. The Kier molecular flexibility index (Phi) is 14.2. The molecule has 0 aromatic heterocycles. The van der Waals surface area contributed by atoms with Gasteiger partial charge < -0.3 is 14.8 Å². The number of hydrogen-bond acceptors (Lipinski definition) is 5. The first kappa shape index (κ1) is 28.0. The number of rotatable bonds is 4. The van der Waals surface area contributed by atoms with Crippen molar-refractivity contribution in [2.45, 2.75) is 47.5 Å². The Bertz CT molecular complexity index is 812. The van der Waals surface area contributed by atoms with Crippen LogP contribution in [0.5, 0.6) is 5.75 Å². The number of esters is 1. The fraction of sp³-hybridized carbons (Fsp3) is 0.400. The number of ether oxygens (including phenoxy) is 2. The second kappa shape index (κ2) is 15.8. The van der Waals surface area contributed by atoms with Crippen LogP contribution in [0.1, 0.15) is 55.1 Å². The highest BCUT2D eigenvalue weighted by Gasteiger charge is 2.15. The average molecular weight is 433 g/mol. The molecule has 2 N–H and O–H groups in total. The topological polar surface area (TPSA) is 59.6 Å². The zero-order valence-electron chi connectivity index (χ0n) is 20.1. The lowest BCUT2D eigenvalue weighted by Crippen LogP contribution is -2.08. The first-order chi connectivity index (χ1) is 14.9. The number of allylic oxidation sites excluding steroid dienone is 2. The Labute approximate surface area is 186 Å². The summed E-state index contributed by atoms with van der Waals surface area (Å²) in [5.74, 6) is 0.417. The molecule has 1 saturated carbocycles. The maximum absolute atomic E-state index is 12.5. The predicted octanol–water partition coefficient (Wildman–Crippen LogP) is 6.88. The highest BCUT2D eigenvalue weighted by atomic mass is 19.2. The summed E-state index contributed by atoms with van der Waals surface area (Å²) < 4.78 is 22.0. The molecule has 0 atom stereocenters. The van der Waals surface area contributed by atoms with Crippen LogP contribution >= 0.6 is 0 Å². The van der Waals surface area contributed by atoms with Crippen molar-refractivity contribution >= 4 is 17.3 Å². The normalized spacial score (nSPS) is 10.5. The summed E-state index contributed by atoms with van der Waals surface area (Å²) in [6.45, 7) is 9.93. The van der Waals surface area contributed by atoms with Crippen LogP contribution in [0.25, 0.3) is 0 Å². The molecule has 6 heteroatoms. The van der Waals surface area contributed by atoms with Crippen molar-refractivity contribution in [1.29, 1.82) is 0 Å². The van der Waals surface area contributed by atoms with Gasteiger partial charge in [-0.3, -0.25) is 0 Å². The molecule has 0 heterocycles. The second-order valence-electron chi connectivity index (χ2n) is 6.54. The Morgan fingerprint density at radius 2 is 1.61 bits per heavy atom. The monoisotopic (exact) mass is 432 g/mol. The van der Waals surface area contributed by atoms with Gasteiger partial charge in [0.25, 0.3) is 0 Å². The van der Waals surface area contributed by atoms with Gasteiger partial charge in [-0.25, -0.2) is 10.3 Å². The van der Waals surface area contributed by atoms with E-state index in [0.717, 1.165) is 11.3 Å². The minimum Gasteiger partial charge on any atom is -0.497 e. The molecule has 1 fully saturated rings. The Morgan fingerprint density at radius 1 is 1.03 bits per heavy atom. The maximum atomic E-state index is 12.5. The molecule has 0 spiro atoms. The number of hydrogen-bond donors (Lipinski definition) is 2. The zero-order chi connectivity index (χ0) is 23.8. The van der Waals surface area contributed by atoms with Crippen LogP contribution in [0.4, 0.5) is 15.9 Å². The first-order valence-electron chi connectivity index (χ1n) is 10.4. The summed E-state index contributed by atoms with van der Waals surface area (Å²) in [6.07, 6.45) is 4.94. The van der Waals surface area contributed by atoms with E-state index >= 15 is 0 Å². The van der Waals surface area contributed by atoms with Crippen molar-refractivity contribution < 1.29 is 18.7 Å². The number of anilines is 2. The highest BCUT2D eigenvalue weighted by molar-refractivity contribution is 5.99. The molecule has 3 rings (SSSR count). The first-order valence-corrected chi connectivity index (χ1v) is 10.4. The van der Waals surface area contributed by atoms with Crippen molar-refractivity contribution in [2.24, 2.45) is 0 Å². The van der Waals surface area contributed by atoms with Crippen molar-refractivity contribution in [3.63, 3.8) is 0 Å². The predicted molar refractivity (Wildman–Crippen MR) is 129 cm³/mol. The maximum Gasteiger partial charge on any atom is 0.340 e. The fourth-order valence-electron chi connectivity index (χ4n) is 2.44. The number of halogens is 1. The van der Waals surface area contributed by atoms with E-state index in [1.807, 2.05) is 38.1 Å². The van der Waals surface area contributed by atoms with E-state index in [1.165, 1.54) is 31.1 Å². The summed E-state index contributed by atoms with van der Waals surface area (Å²) >= 11 is 0. The second-order valence-corrected chi connectivity index (χ2v) is 6.54. The molecule has 0 amide bonds. The minimum absolute atomic E-state index is 0.220. The third kappa shape index (κ3) is 10.5. The quantitative estimate of drug-likeness (QED) is 0.313. The largest absolute Gasteiger partial charge is 0.497 e. The summed E-state index contributed by atoms with van der Waals surface area (Å²) in [4.78, 5) is 11.4. The molecule has 1 aliphatic carbocycles. The molecular formula is C25H37FN2O3. The van der Waals surface area contributed by atoms with Gasteiger partial charge in [0.1, 0.15) is 5.75 Å². The van der Waals surface area contributed by atoms with Gasteiger partial charge in [-0.05, 0) is 63.4 Å². The van der Waals surface area contributed by atoms with E-state index in [1.54, 1.807) is 38.8 Å². The summed E-state index contributed by atoms with van der Waals surface area (Å²) in [7, 11) is 4.56. The molecule has 0 aliphatic heterocycles. The van der Waals surface area contributed by atoms with E-state index in [2.05, 4.69) is 30.0 Å². The number of aryl methyl sites for hydroxylation is 2. The van der Waals surface area contributed by atoms with E-state index in [4.69, 9.17) is 4.74 Å². The molecule has 1 aliphatic rings. The van der Waals surface area contributed by atoms with Gasteiger partial charge in [-0.2, -0.15) is 0 Å². The smallest absolute Gasteiger partial charge is 0.340 e. The van der Waals surface area contributed by atoms with Crippen molar-refractivity contribution in [2.75, 3.05) is 32.1 Å². The third-order valence-electron chi connectivity index (χ3n) is 4.24. The van der Waals surface area contributed by atoms with E-state index in [9.17, 15) is 9.28 Å². The van der Waals surface area contributed by atoms with Gasteiger partial charge in [0.05, 0.1) is 31.2 Å². The van der Waals surface area contributed by atoms with Gasteiger partial charge in [0, 0.05) is 7.05 Å². The van der Waals surface area contributed by atoms with Crippen LogP contribution in [0, 0.1) is 13.8 Å². The summed E-state index contributed by atoms with van der Waals surface area (Å²) in [5, 5.41) is 2.75. The van der Waals surface area contributed by atoms with Crippen LogP contribution in [-0.4, -0.2) is 27.2 Å². The number of methoxy groups -OCH3 is 2. The SMILES string of the molecule is CC.CC=C1CC1.CNc1c(NF)cc(C)cc1C(=O)OC.COc1ccc(C)cc1. The van der Waals surface area contributed by atoms with Crippen molar-refractivity contribution in [3.05, 3.63) is 64.7 Å². The van der Waals surface area contributed by atoms with Crippen LogP contribution in [0.15, 0.2) is 48.0 Å². The molecule has 0 unspecified atom stereocenters. The van der Waals surface area contributed by atoms with Crippen molar-refractivity contribution in [1.82, 2.24) is 0 Å².